The standard InChI is InChI=1S/C25H24N2O4/c1-16-8-10-18(11-9-16)15-27-21-14-19(12-13-23(21)31-17(2)25(27)29)26-24(28)20-6-4-5-7-22(20)30-3/h4-14,17H,15H2,1-3H3,(H,26,28). The number of ether oxygens (including phenoxy) is 2. The monoisotopic (exact) mass is 416 g/mol. The van der Waals surface area contributed by atoms with Crippen LogP contribution in [0.25, 0.3) is 0 Å². The molecule has 0 saturated heterocycles. The van der Waals surface area contributed by atoms with E-state index in [1.165, 1.54) is 7.11 Å². The molecule has 31 heavy (non-hydrogen) atoms. The molecule has 0 aromatic heterocycles. The Morgan fingerprint density at radius 2 is 1.84 bits per heavy atom. The Hall–Kier alpha value is -3.80. The molecule has 1 unspecified atom stereocenters. The van der Waals surface area contributed by atoms with Crippen LogP contribution in [-0.4, -0.2) is 25.0 Å². The third kappa shape index (κ3) is 4.23. The summed E-state index contributed by atoms with van der Waals surface area (Å²) in [6, 6.07) is 20.4. The smallest absolute Gasteiger partial charge is 0.268 e. The molecule has 1 heterocycles. The fourth-order valence-corrected chi connectivity index (χ4v) is 3.55. The van der Waals surface area contributed by atoms with E-state index in [-0.39, 0.29) is 11.8 Å². The number of hydrogen-bond donors (Lipinski definition) is 1. The highest BCUT2D eigenvalue weighted by molar-refractivity contribution is 6.07. The van der Waals surface area contributed by atoms with Crippen LogP contribution in [0.3, 0.4) is 0 Å². The molecule has 1 aliphatic heterocycles. The van der Waals surface area contributed by atoms with Crippen molar-refractivity contribution < 1.29 is 19.1 Å². The van der Waals surface area contributed by atoms with E-state index in [0.717, 1.165) is 11.1 Å². The molecular formula is C25H24N2O4. The fraction of sp³-hybridized carbons (Fsp3) is 0.200. The van der Waals surface area contributed by atoms with Crippen LogP contribution in [-0.2, 0) is 11.3 Å². The zero-order valence-electron chi connectivity index (χ0n) is 17.7. The first-order valence-corrected chi connectivity index (χ1v) is 10.1. The Morgan fingerprint density at radius 3 is 2.58 bits per heavy atom. The second-order valence-electron chi connectivity index (χ2n) is 7.51. The maximum Gasteiger partial charge on any atom is 0.268 e. The highest BCUT2D eigenvalue weighted by Gasteiger charge is 2.32. The van der Waals surface area contributed by atoms with Crippen LogP contribution in [0.4, 0.5) is 11.4 Å². The van der Waals surface area contributed by atoms with E-state index in [2.05, 4.69) is 5.32 Å². The Labute approximate surface area is 181 Å². The quantitative estimate of drug-likeness (QED) is 0.662. The summed E-state index contributed by atoms with van der Waals surface area (Å²) >= 11 is 0. The lowest BCUT2D eigenvalue weighted by Crippen LogP contribution is -2.44. The predicted octanol–water partition coefficient (Wildman–Crippen LogP) is 4.57. The Balaban J connectivity index is 1.63. The van der Waals surface area contributed by atoms with Gasteiger partial charge in [-0.05, 0) is 49.7 Å². The summed E-state index contributed by atoms with van der Waals surface area (Å²) in [4.78, 5) is 27.4. The lowest BCUT2D eigenvalue weighted by Gasteiger charge is -2.33. The van der Waals surface area contributed by atoms with E-state index in [4.69, 9.17) is 9.47 Å². The number of hydrogen-bond acceptors (Lipinski definition) is 4. The van der Waals surface area contributed by atoms with Crippen LogP contribution in [0, 0.1) is 6.92 Å². The van der Waals surface area contributed by atoms with Gasteiger partial charge in [-0.15, -0.1) is 0 Å². The lowest BCUT2D eigenvalue weighted by molar-refractivity contribution is -0.125. The number of methoxy groups -OCH3 is 1. The number of nitrogens with one attached hydrogen (secondary N) is 1. The van der Waals surface area contributed by atoms with Gasteiger partial charge in [0.25, 0.3) is 11.8 Å². The lowest BCUT2D eigenvalue weighted by atomic mass is 10.1. The third-order valence-corrected chi connectivity index (χ3v) is 5.24. The Kier molecular flexibility index (Phi) is 5.62. The largest absolute Gasteiger partial charge is 0.496 e. The van der Waals surface area contributed by atoms with E-state index in [1.54, 1.807) is 48.2 Å². The van der Waals surface area contributed by atoms with Crippen molar-refractivity contribution in [2.24, 2.45) is 0 Å². The molecular weight excluding hydrogens is 392 g/mol. The van der Waals surface area contributed by atoms with Gasteiger partial charge in [-0.1, -0.05) is 42.0 Å². The average molecular weight is 416 g/mol. The summed E-state index contributed by atoms with van der Waals surface area (Å²) in [5.41, 5.74) is 3.80. The van der Waals surface area contributed by atoms with Crippen LogP contribution >= 0.6 is 0 Å². The highest BCUT2D eigenvalue weighted by Crippen LogP contribution is 2.37. The molecule has 6 heteroatoms. The van der Waals surface area contributed by atoms with Crippen molar-refractivity contribution in [1.29, 1.82) is 0 Å². The van der Waals surface area contributed by atoms with Gasteiger partial charge in [-0.3, -0.25) is 9.59 Å². The molecule has 6 nitrogen and oxygen atoms in total. The minimum absolute atomic E-state index is 0.124. The molecule has 0 aliphatic carbocycles. The van der Waals surface area contributed by atoms with E-state index >= 15 is 0 Å². The van der Waals surface area contributed by atoms with Crippen molar-refractivity contribution in [3.8, 4) is 11.5 Å². The number of amides is 2. The van der Waals surface area contributed by atoms with E-state index in [0.29, 0.717) is 35.0 Å². The normalized spacial score (nSPS) is 15.1. The minimum Gasteiger partial charge on any atom is -0.496 e. The van der Waals surface area contributed by atoms with Crippen LogP contribution in [0.5, 0.6) is 11.5 Å². The van der Waals surface area contributed by atoms with Gasteiger partial charge in [-0.25, -0.2) is 0 Å². The zero-order chi connectivity index (χ0) is 22.0. The van der Waals surface area contributed by atoms with Crippen molar-refractivity contribution in [3.05, 3.63) is 83.4 Å². The van der Waals surface area contributed by atoms with Crippen molar-refractivity contribution in [2.75, 3.05) is 17.3 Å². The number of aryl methyl sites for hydroxylation is 1. The molecule has 2 amide bonds. The second kappa shape index (κ2) is 8.52. The summed E-state index contributed by atoms with van der Waals surface area (Å²) in [6.07, 6.45) is -0.577. The summed E-state index contributed by atoms with van der Waals surface area (Å²) in [5, 5.41) is 2.89. The van der Waals surface area contributed by atoms with Gasteiger partial charge in [-0.2, -0.15) is 0 Å². The van der Waals surface area contributed by atoms with Crippen molar-refractivity contribution >= 4 is 23.2 Å². The first-order chi connectivity index (χ1) is 15.0. The van der Waals surface area contributed by atoms with Crippen LogP contribution in [0.15, 0.2) is 66.7 Å². The average Bonchev–Trinajstić information content (AvgIpc) is 2.78. The predicted molar refractivity (Wildman–Crippen MR) is 120 cm³/mol. The number of carbonyl (C=O) groups excluding carboxylic acids is 2. The summed E-state index contributed by atoms with van der Waals surface area (Å²) < 4.78 is 11.1. The molecule has 4 rings (SSSR count). The van der Waals surface area contributed by atoms with E-state index in [1.807, 2.05) is 37.3 Å². The molecule has 0 saturated carbocycles. The number of nitrogens with zero attached hydrogens (tertiary/aromatic N) is 1. The number of para-hydroxylation sites is 1. The molecule has 0 bridgehead atoms. The number of rotatable bonds is 5. The van der Waals surface area contributed by atoms with Gasteiger partial charge in [0.1, 0.15) is 11.5 Å². The number of anilines is 2. The van der Waals surface area contributed by atoms with E-state index < -0.39 is 6.10 Å². The molecule has 0 fully saturated rings. The van der Waals surface area contributed by atoms with Gasteiger partial charge in [0, 0.05) is 5.69 Å². The number of carbonyl (C=O) groups is 2. The molecule has 3 aromatic carbocycles. The molecule has 0 spiro atoms. The molecule has 1 N–H and O–H groups in total. The first-order valence-electron chi connectivity index (χ1n) is 10.1. The summed E-state index contributed by atoms with van der Waals surface area (Å²) in [5.74, 6) is 0.681. The van der Waals surface area contributed by atoms with Gasteiger partial charge >= 0.3 is 0 Å². The van der Waals surface area contributed by atoms with Crippen molar-refractivity contribution in [3.63, 3.8) is 0 Å². The van der Waals surface area contributed by atoms with E-state index in [9.17, 15) is 9.59 Å². The summed E-state index contributed by atoms with van der Waals surface area (Å²) in [6.45, 7) is 4.19. The SMILES string of the molecule is COc1ccccc1C(=O)Nc1ccc2c(c1)N(Cc1ccc(C)cc1)C(=O)C(C)O2. The number of fused-ring (bicyclic) bond motifs is 1. The van der Waals surface area contributed by atoms with Crippen LogP contribution in [0.2, 0.25) is 0 Å². The van der Waals surface area contributed by atoms with Crippen LogP contribution < -0.4 is 19.7 Å². The second-order valence-corrected chi connectivity index (χ2v) is 7.51. The van der Waals surface area contributed by atoms with Gasteiger partial charge in [0.15, 0.2) is 6.10 Å². The molecule has 3 aromatic rings. The topological polar surface area (TPSA) is 67.9 Å². The maximum absolute atomic E-state index is 12.9. The van der Waals surface area contributed by atoms with Crippen LogP contribution in [0.1, 0.15) is 28.4 Å². The Bertz CT molecular complexity index is 1120. The first kappa shape index (κ1) is 20.5. The fourth-order valence-electron chi connectivity index (χ4n) is 3.55. The van der Waals surface area contributed by atoms with Gasteiger partial charge < -0.3 is 19.7 Å². The molecule has 158 valence electrons. The zero-order valence-corrected chi connectivity index (χ0v) is 17.7. The molecule has 1 atom stereocenters. The highest BCUT2D eigenvalue weighted by atomic mass is 16.5. The van der Waals surface area contributed by atoms with Gasteiger partial charge in [0.05, 0.1) is 24.9 Å². The summed E-state index contributed by atoms with van der Waals surface area (Å²) in [7, 11) is 1.53. The number of benzene rings is 3. The molecule has 1 aliphatic rings. The third-order valence-electron chi connectivity index (χ3n) is 5.24. The van der Waals surface area contributed by atoms with Crippen molar-refractivity contribution in [2.45, 2.75) is 26.5 Å². The Morgan fingerprint density at radius 1 is 1.10 bits per heavy atom. The maximum atomic E-state index is 12.9. The van der Waals surface area contributed by atoms with Crippen molar-refractivity contribution in [1.82, 2.24) is 0 Å². The molecule has 0 radical (unpaired) electrons. The minimum atomic E-state index is -0.577. The van der Waals surface area contributed by atoms with Gasteiger partial charge in [0.2, 0.25) is 0 Å².